The number of nitrogens with two attached hydrogens (primary N) is 1. The average molecular weight is 464 g/mol. The minimum Gasteiger partial charge on any atom is -0.388 e. The Hall–Kier alpha value is -3.64. The number of hydrogen-bond acceptors (Lipinski definition) is 6. The van der Waals surface area contributed by atoms with Crippen LogP contribution in [0, 0.1) is 23.0 Å². The second kappa shape index (κ2) is 8.29. The summed E-state index contributed by atoms with van der Waals surface area (Å²) >= 11 is 0. The number of pyridine rings is 2. The van der Waals surface area contributed by atoms with E-state index in [4.69, 9.17) is 5.73 Å². The Balaban J connectivity index is 1.81. The van der Waals surface area contributed by atoms with Crippen LogP contribution in [0.3, 0.4) is 0 Å². The van der Waals surface area contributed by atoms with Gasteiger partial charge in [-0.15, -0.1) is 0 Å². The Morgan fingerprint density at radius 1 is 1.24 bits per heavy atom. The molecular weight excluding hydrogens is 441 g/mol. The van der Waals surface area contributed by atoms with Crippen LogP contribution in [-0.4, -0.2) is 42.3 Å². The highest BCUT2D eigenvalue weighted by atomic mass is 19.2. The number of hydrogen-bond donors (Lipinski definition) is 2. The number of benzene rings is 1. The summed E-state index contributed by atoms with van der Waals surface area (Å²) < 4.78 is 45.4. The first kappa shape index (κ1) is 22.2. The Bertz CT molecular complexity index is 1340. The summed E-state index contributed by atoms with van der Waals surface area (Å²) in [6, 6.07) is 4.87. The number of nitrogens with zero attached hydrogens (tertiary/aromatic N) is 4. The lowest BCUT2D eigenvalue weighted by Gasteiger charge is -2.39. The molecule has 3 aromatic rings. The number of halogens is 3. The molecule has 3 heterocycles. The van der Waals surface area contributed by atoms with Crippen molar-refractivity contribution in [1.29, 1.82) is 5.26 Å². The lowest BCUT2D eigenvalue weighted by molar-refractivity contribution is 0.146. The van der Waals surface area contributed by atoms with Gasteiger partial charge in [-0.05, 0) is 24.5 Å². The molecule has 0 bridgehead atoms. The number of alkyl halides is 1. The van der Waals surface area contributed by atoms with E-state index in [1.54, 1.807) is 25.5 Å². The van der Waals surface area contributed by atoms with Gasteiger partial charge < -0.3 is 16.0 Å². The molecule has 34 heavy (non-hydrogen) atoms. The maximum absolute atomic E-state index is 15.4. The Morgan fingerprint density at radius 3 is 2.79 bits per heavy atom. The molecule has 1 atom stereocenters. The maximum Gasteiger partial charge on any atom is 0.167 e. The van der Waals surface area contributed by atoms with Crippen molar-refractivity contribution in [2.75, 3.05) is 36.9 Å². The van der Waals surface area contributed by atoms with E-state index >= 15 is 8.78 Å². The predicted octanol–water partition coefficient (Wildman–Crippen LogP) is 4.17. The number of anilines is 2. The van der Waals surface area contributed by atoms with E-state index in [9.17, 15) is 9.65 Å². The van der Waals surface area contributed by atoms with E-state index < -0.39 is 17.3 Å². The number of nitriles is 1. The fourth-order valence-corrected chi connectivity index (χ4v) is 5.07. The third-order valence-corrected chi connectivity index (χ3v) is 6.71. The molecule has 1 saturated heterocycles. The van der Waals surface area contributed by atoms with Gasteiger partial charge in [0.05, 0.1) is 23.5 Å². The quantitative estimate of drug-likeness (QED) is 0.471. The van der Waals surface area contributed by atoms with Crippen LogP contribution in [0.15, 0.2) is 30.7 Å². The fraction of sp³-hybridized carbons (Fsp3) is 0.320. The predicted molar refractivity (Wildman–Crippen MR) is 124 cm³/mol. The molecule has 1 fully saturated rings. The first-order valence-corrected chi connectivity index (χ1v) is 11.1. The van der Waals surface area contributed by atoms with Crippen LogP contribution in [0.1, 0.15) is 29.7 Å². The highest BCUT2D eigenvalue weighted by molar-refractivity contribution is 5.96. The van der Waals surface area contributed by atoms with Crippen molar-refractivity contribution in [2.24, 2.45) is 5.73 Å². The van der Waals surface area contributed by atoms with Crippen LogP contribution in [0.4, 0.5) is 24.5 Å². The lowest BCUT2D eigenvalue weighted by Crippen LogP contribution is -2.50. The maximum atomic E-state index is 15.4. The summed E-state index contributed by atoms with van der Waals surface area (Å²) in [4.78, 5) is 10.6. The molecule has 1 unspecified atom stereocenters. The SMILES string of the molecule is CNc1cc(F)c(F)c2c1Cc1ncc(-c3cncc(C#N)c3)c(N3CCCC(F)(CN)C3)c1-2. The molecule has 2 aromatic heterocycles. The van der Waals surface area contributed by atoms with Gasteiger partial charge in [-0.1, -0.05) is 0 Å². The Kier molecular flexibility index (Phi) is 5.41. The van der Waals surface area contributed by atoms with Crippen molar-refractivity contribution < 1.29 is 13.2 Å². The molecular formula is C25H23F3N6. The summed E-state index contributed by atoms with van der Waals surface area (Å²) in [5.41, 5.74) is 8.48. The number of fused-ring (bicyclic) bond motifs is 3. The van der Waals surface area contributed by atoms with Gasteiger partial charge in [0.1, 0.15) is 11.7 Å². The van der Waals surface area contributed by atoms with Crippen molar-refractivity contribution in [1.82, 2.24) is 9.97 Å². The molecule has 0 saturated carbocycles. The van der Waals surface area contributed by atoms with Crippen molar-refractivity contribution in [3.63, 3.8) is 0 Å². The van der Waals surface area contributed by atoms with Crippen molar-refractivity contribution in [3.8, 4) is 28.3 Å². The van der Waals surface area contributed by atoms with E-state index in [1.807, 2.05) is 4.90 Å². The largest absolute Gasteiger partial charge is 0.388 e. The number of nitrogens with one attached hydrogen (secondary N) is 1. The monoisotopic (exact) mass is 464 g/mol. The highest BCUT2D eigenvalue weighted by Gasteiger charge is 2.39. The molecule has 5 rings (SSSR count). The van der Waals surface area contributed by atoms with Crippen molar-refractivity contribution in [2.45, 2.75) is 24.9 Å². The second-order valence-corrected chi connectivity index (χ2v) is 8.80. The summed E-state index contributed by atoms with van der Waals surface area (Å²) in [5.74, 6) is -1.93. The van der Waals surface area contributed by atoms with Crippen LogP contribution < -0.4 is 16.0 Å². The van der Waals surface area contributed by atoms with Crippen LogP contribution >= 0.6 is 0 Å². The molecule has 3 N–H and O–H groups in total. The zero-order valence-corrected chi connectivity index (χ0v) is 18.6. The lowest BCUT2D eigenvalue weighted by atomic mass is 9.91. The smallest absolute Gasteiger partial charge is 0.167 e. The third kappa shape index (κ3) is 3.46. The summed E-state index contributed by atoms with van der Waals surface area (Å²) in [6.45, 7) is 0.399. The van der Waals surface area contributed by atoms with E-state index in [0.29, 0.717) is 70.7 Å². The molecule has 6 nitrogen and oxygen atoms in total. The molecule has 0 spiro atoms. The molecule has 1 aromatic carbocycles. The standard InChI is InChI=1S/C25H23F3N6/c1-31-19-7-18(26)23(27)21-16(19)6-20-22(21)24(34-4-2-3-25(28,12-30)13-34)17(11-33-20)15-5-14(8-29)9-32-10-15/h5,7,9-11,31H,2-4,6,12-13,30H2,1H3. The first-order valence-electron chi connectivity index (χ1n) is 11.1. The van der Waals surface area contributed by atoms with Gasteiger partial charge in [0.15, 0.2) is 11.6 Å². The molecule has 1 aliphatic carbocycles. The topological polar surface area (TPSA) is 90.9 Å². The van der Waals surface area contributed by atoms with Gasteiger partial charge in [0, 0.05) is 79.2 Å². The molecule has 174 valence electrons. The minimum atomic E-state index is -1.60. The zero-order chi connectivity index (χ0) is 24.0. The van der Waals surface area contributed by atoms with Gasteiger partial charge in [-0.2, -0.15) is 5.26 Å². The van der Waals surface area contributed by atoms with Gasteiger partial charge in [-0.25, -0.2) is 13.2 Å². The van der Waals surface area contributed by atoms with Gasteiger partial charge in [0.25, 0.3) is 0 Å². The molecule has 0 radical (unpaired) electrons. The number of aromatic nitrogens is 2. The van der Waals surface area contributed by atoms with Gasteiger partial charge >= 0.3 is 0 Å². The third-order valence-electron chi connectivity index (χ3n) is 6.71. The summed E-state index contributed by atoms with van der Waals surface area (Å²) in [7, 11) is 1.65. The van der Waals surface area contributed by atoms with E-state index in [1.165, 1.54) is 6.20 Å². The minimum absolute atomic E-state index is 0.0173. The van der Waals surface area contributed by atoms with Crippen LogP contribution in [-0.2, 0) is 6.42 Å². The Labute approximate surface area is 195 Å². The van der Waals surface area contributed by atoms with E-state index in [-0.39, 0.29) is 18.7 Å². The van der Waals surface area contributed by atoms with Gasteiger partial charge in [-0.3, -0.25) is 9.97 Å². The normalized spacial score (nSPS) is 18.9. The summed E-state index contributed by atoms with van der Waals surface area (Å²) in [5, 5.41) is 12.3. The van der Waals surface area contributed by atoms with Crippen LogP contribution in [0.2, 0.25) is 0 Å². The van der Waals surface area contributed by atoms with Crippen molar-refractivity contribution in [3.05, 3.63) is 59.2 Å². The summed E-state index contributed by atoms with van der Waals surface area (Å²) in [6.07, 6.45) is 5.86. The van der Waals surface area contributed by atoms with Crippen LogP contribution in [0.5, 0.6) is 0 Å². The number of rotatable bonds is 4. The average Bonchev–Trinajstić information content (AvgIpc) is 3.25. The molecule has 2 aliphatic rings. The number of piperidine rings is 1. The zero-order valence-electron chi connectivity index (χ0n) is 18.6. The molecule has 0 amide bonds. The van der Waals surface area contributed by atoms with Crippen LogP contribution in [0.25, 0.3) is 22.3 Å². The highest BCUT2D eigenvalue weighted by Crippen LogP contribution is 2.50. The Morgan fingerprint density at radius 2 is 2.06 bits per heavy atom. The van der Waals surface area contributed by atoms with E-state index in [2.05, 4.69) is 21.4 Å². The molecule has 1 aliphatic heterocycles. The van der Waals surface area contributed by atoms with Crippen molar-refractivity contribution >= 4 is 11.4 Å². The second-order valence-electron chi connectivity index (χ2n) is 8.80. The first-order chi connectivity index (χ1) is 16.4. The van der Waals surface area contributed by atoms with E-state index in [0.717, 1.165) is 6.07 Å². The fourth-order valence-electron chi connectivity index (χ4n) is 5.07. The molecule has 9 heteroatoms. The van der Waals surface area contributed by atoms with Gasteiger partial charge in [0.2, 0.25) is 0 Å².